The number of allylic oxidation sites excluding steroid dienone is 1. The molecule has 2 rings (SSSR count). The number of aryl methyl sites for hydroxylation is 1. The second-order valence-electron chi connectivity index (χ2n) is 4.81. The Morgan fingerprint density at radius 3 is 2.95 bits per heavy atom. The van der Waals surface area contributed by atoms with Crippen molar-refractivity contribution in [1.29, 1.82) is 0 Å². The second-order valence-corrected chi connectivity index (χ2v) is 5.16. The van der Waals surface area contributed by atoms with Gasteiger partial charge in [0.1, 0.15) is 5.82 Å². The van der Waals surface area contributed by atoms with Crippen LogP contribution < -0.4 is 0 Å². The first kappa shape index (κ1) is 15.4. The summed E-state index contributed by atoms with van der Waals surface area (Å²) in [6.07, 6.45) is 9.46. The van der Waals surface area contributed by atoms with Gasteiger partial charge >= 0.3 is 0 Å². The zero-order valence-corrected chi connectivity index (χ0v) is 13.0. The van der Waals surface area contributed by atoms with Crippen molar-refractivity contribution in [2.24, 2.45) is 7.05 Å². The summed E-state index contributed by atoms with van der Waals surface area (Å²) in [5.74, 6) is 0.839. The molecule has 5 heteroatoms. The molecule has 0 atom stereocenters. The van der Waals surface area contributed by atoms with Gasteiger partial charge in [0, 0.05) is 31.4 Å². The van der Waals surface area contributed by atoms with Gasteiger partial charge in [-0.3, -0.25) is 9.78 Å². The largest absolute Gasteiger partial charge is 0.330 e. The predicted molar refractivity (Wildman–Crippen MR) is 84.4 cm³/mol. The van der Waals surface area contributed by atoms with E-state index in [1.165, 1.54) is 6.08 Å². The number of pyridine rings is 1. The number of hydrogen-bond acceptors (Lipinski definition) is 3. The molecule has 2 aromatic heterocycles. The van der Waals surface area contributed by atoms with Gasteiger partial charge in [0.15, 0.2) is 10.9 Å². The topological polar surface area (TPSA) is 47.8 Å². The van der Waals surface area contributed by atoms with Crippen molar-refractivity contribution < 1.29 is 4.79 Å². The number of ketones is 1. The molecule has 2 aromatic rings. The van der Waals surface area contributed by atoms with Crippen molar-refractivity contribution in [3.63, 3.8) is 0 Å². The van der Waals surface area contributed by atoms with E-state index in [0.717, 1.165) is 30.8 Å². The number of hydrogen-bond donors (Lipinski definition) is 0. The van der Waals surface area contributed by atoms with Gasteiger partial charge in [-0.05, 0) is 30.7 Å². The minimum absolute atomic E-state index is 0.101. The number of halogens is 1. The van der Waals surface area contributed by atoms with Crippen LogP contribution in [0.4, 0.5) is 0 Å². The molecule has 4 nitrogen and oxygen atoms in total. The summed E-state index contributed by atoms with van der Waals surface area (Å²) in [6, 6.07) is 3.47. The van der Waals surface area contributed by atoms with Gasteiger partial charge in [-0.1, -0.05) is 24.9 Å². The SMILES string of the molecule is CCCCc1nc(Cl)c(/C=C/C(=O)c2cccnc2)n1C. The lowest BCUT2D eigenvalue weighted by atomic mass is 10.2. The smallest absolute Gasteiger partial charge is 0.187 e. The van der Waals surface area contributed by atoms with Crippen LogP contribution in [0.15, 0.2) is 30.6 Å². The van der Waals surface area contributed by atoms with Gasteiger partial charge in [0.25, 0.3) is 0 Å². The van der Waals surface area contributed by atoms with Crippen molar-refractivity contribution in [3.8, 4) is 0 Å². The van der Waals surface area contributed by atoms with Crippen LogP contribution in [-0.4, -0.2) is 20.3 Å². The average Bonchev–Trinajstić information content (AvgIpc) is 2.78. The summed E-state index contributed by atoms with van der Waals surface area (Å²) in [6.45, 7) is 2.14. The molecular formula is C16H18ClN3O. The molecule has 0 aromatic carbocycles. The van der Waals surface area contributed by atoms with Crippen LogP contribution >= 0.6 is 11.6 Å². The van der Waals surface area contributed by atoms with E-state index < -0.39 is 0 Å². The van der Waals surface area contributed by atoms with Crippen LogP contribution in [0, 0.1) is 0 Å². The predicted octanol–water partition coefficient (Wildman–Crippen LogP) is 3.71. The highest BCUT2D eigenvalue weighted by molar-refractivity contribution is 6.30. The first-order valence-electron chi connectivity index (χ1n) is 6.97. The minimum atomic E-state index is -0.101. The summed E-state index contributed by atoms with van der Waals surface area (Å²) >= 11 is 6.15. The molecule has 0 aliphatic rings. The van der Waals surface area contributed by atoms with Crippen LogP contribution in [0.2, 0.25) is 5.15 Å². The molecule has 0 saturated heterocycles. The maximum Gasteiger partial charge on any atom is 0.187 e. The van der Waals surface area contributed by atoms with E-state index in [1.54, 1.807) is 30.6 Å². The van der Waals surface area contributed by atoms with Gasteiger partial charge in [0.2, 0.25) is 0 Å². The normalized spacial score (nSPS) is 11.2. The molecule has 0 amide bonds. The van der Waals surface area contributed by atoms with Crippen molar-refractivity contribution in [2.75, 3.05) is 0 Å². The zero-order valence-electron chi connectivity index (χ0n) is 12.2. The van der Waals surface area contributed by atoms with Crippen molar-refractivity contribution in [3.05, 3.63) is 52.8 Å². The molecule has 0 spiro atoms. The lowest BCUT2D eigenvalue weighted by Gasteiger charge is -2.02. The molecular weight excluding hydrogens is 286 g/mol. The molecule has 0 fully saturated rings. The Bertz CT molecular complexity index is 647. The number of nitrogens with zero attached hydrogens (tertiary/aromatic N) is 3. The van der Waals surface area contributed by atoms with Gasteiger partial charge < -0.3 is 4.57 Å². The van der Waals surface area contributed by atoms with Crippen LogP contribution in [0.1, 0.15) is 41.6 Å². The van der Waals surface area contributed by atoms with E-state index in [4.69, 9.17) is 11.6 Å². The maximum atomic E-state index is 12.0. The number of rotatable bonds is 6. The lowest BCUT2D eigenvalue weighted by molar-refractivity contribution is 0.104. The zero-order chi connectivity index (χ0) is 15.2. The third kappa shape index (κ3) is 3.79. The lowest BCUT2D eigenvalue weighted by Crippen LogP contribution is -2.00. The van der Waals surface area contributed by atoms with Gasteiger partial charge in [-0.2, -0.15) is 0 Å². The highest BCUT2D eigenvalue weighted by atomic mass is 35.5. The summed E-state index contributed by atoms with van der Waals surface area (Å²) in [5, 5.41) is 0.429. The Morgan fingerprint density at radius 2 is 2.29 bits per heavy atom. The van der Waals surface area contributed by atoms with Crippen LogP contribution in [0.3, 0.4) is 0 Å². The fraction of sp³-hybridized carbons (Fsp3) is 0.312. The molecule has 110 valence electrons. The van der Waals surface area contributed by atoms with E-state index in [9.17, 15) is 4.79 Å². The number of imidazole rings is 1. The Balaban J connectivity index is 2.17. The Hall–Kier alpha value is -1.94. The first-order chi connectivity index (χ1) is 10.1. The summed E-state index contributed by atoms with van der Waals surface area (Å²) in [5.41, 5.74) is 1.30. The highest BCUT2D eigenvalue weighted by Crippen LogP contribution is 2.19. The Labute approximate surface area is 129 Å². The van der Waals surface area contributed by atoms with Crippen molar-refractivity contribution in [2.45, 2.75) is 26.2 Å². The fourth-order valence-electron chi connectivity index (χ4n) is 2.02. The van der Waals surface area contributed by atoms with E-state index >= 15 is 0 Å². The Morgan fingerprint density at radius 1 is 1.48 bits per heavy atom. The second kappa shape index (κ2) is 7.18. The molecule has 0 N–H and O–H groups in total. The summed E-state index contributed by atoms with van der Waals surface area (Å²) in [7, 11) is 1.91. The molecule has 2 heterocycles. The number of carbonyl (C=O) groups excluding carboxylic acids is 1. The molecule has 21 heavy (non-hydrogen) atoms. The molecule has 0 saturated carbocycles. The van der Waals surface area contributed by atoms with E-state index in [-0.39, 0.29) is 5.78 Å². The van der Waals surface area contributed by atoms with Crippen LogP contribution in [-0.2, 0) is 13.5 Å². The van der Waals surface area contributed by atoms with Gasteiger partial charge in [0.05, 0.1) is 5.69 Å². The van der Waals surface area contributed by atoms with E-state index in [1.807, 2.05) is 11.6 Å². The van der Waals surface area contributed by atoms with Crippen LogP contribution in [0.5, 0.6) is 0 Å². The number of unbranched alkanes of at least 4 members (excludes halogenated alkanes) is 1. The molecule has 0 aliphatic heterocycles. The van der Waals surface area contributed by atoms with E-state index in [0.29, 0.717) is 10.7 Å². The first-order valence-corrected chi connectivity index (χ1v) is 7.34. The number of carbonyl (C=O) groups is 1. The summed E-state index contributed by atoms with van der Waals surface area (Å²) < 4.78 is 1.94. The third-order valence-corrected chi connectivity index (χ3v) is 3.56. The van der Waals surface area contributed by atoms with Crippen molar-refractivity contribution in [1.82, 2.24) is 14.5 Å². The maximum absolute atomic E-state index is 12.0. The third-order valence-electron chi connectivity index (χ3n) is 3.28. The van der Waals surface area contributed by atoms with Gasteiger partial charge in [-0.25, -0.2) is 4.98 Å². The number of aromatic nitrogens is 3. The minimum Gasteiger partial charge on any atom is -0.330 e. The Kier molecular flexibility index (Phi) is 5.28. The summed E-state index contributed by atoms with van der Waals surface area (Å²) in [4.78, 5) is 20.3. The molecule has 0 radical (unpaired) electrons. The average molecular weight is 304 g/mol. The van der Waals surface area contributed by atoms with Crippen molar-refractivity contribution >= 4 is 23.5 Å². The van der Waals surface area contributed by atoms with E-state index in [2.05, 4.69) is 16.9 Å². The highest BCUT2D eigenvalue weighted by Gasteiger charge is 2.11. The van der Waals surface area contributed by atoms with Gasteiger partial charge in [-0.15, -0.1) is 0 Å². The fourth-order valence-corrected chi connectivity index (χ4v) is 2.31. The monoisotopic (exact) mass is 303 g/mol. The molecule has 0 unspecified atom stereocenters. The quantitative estimate of drug-likeness (QED) is 0.604. The molecule has 0 aliphatic carbocycles. The molecule has 0 bridgehead atoms. The van der Waals surface area contributed by atoms with Crippen LogP contribution in [0.25, 0.3) is 6.08 Å². The standard InChI is InChI=1S/C16H18ClN3O/c1-3-4-7-15-19-16(17)13(20(15)2)8-9-14(21)12-6-5-10-18-11-12/h5-6,8-11H,3-4,7H2,1-2H3/b9-8+.